The van der Waals surface area contributed by atoms with Crippen LogP contribution in [0, 0.1) is 0 Å². The highest BCUT2D eigenvalue weighted by Gasteiger charge is 2.21. The Balaban J connectivity index is 1.51. The molecule has 0 atom stereocenters. The van der Waals surface area contributed by atoms with Crippen molar-refractivity contribution in [1.82, 2.24) is 9.55 Å². The summed E-state index contributed by atoms with van der Waals surface area (Å²) in [5, 5.41) is 0. The molecular formula is C19H19N3O. The fourth-order valence-electron chi connectivity index (χ4n) is 3.33. The molecule has 116 valence electrons. The van der Waals surface area contributed by atoms with Crippen molar-refractivity contribution in [3.05, 3.63) is 60.4 Å². The average Bonchev–Trinajstić information content (AvgIpc) is 3.02. The molecule has 23 heavy (non-hydrogen) atoms. The van der Waals surface area contributed by atoms with Crippen LogP contribution in [-0.4, -0.2) is 22.0 Å². The Morgan fingerprint density at radius 1 is 1.09 bits per heavy atom. The van der Waals surface area contributed by atoms with Crippen molar-refractivity contribution in [3.63, 3.8) is 0 Å². The van der Waals surface area contributed by atoms with Crippen LogP contribution < -0.4 is 4.90 Å². The number of para-hydroxylation sites is 3. The van der Waals surface area contributed by atoms with Crippen LogP contribution in [0.4, 0.5) is 5.69 Å². The molecule has 4 heteroatoms. The third-order valence-corrected chi connectivity index (χ3v) is 4.51. The van der Waals surface area contributed by atoms with Crippen molar-refractivity contribution in [2.45, 2.75) is 25.8 Å². The van der Waals surface area contributed by atoms with Crippen LogP contribution in [0.15, 0.2) is 54.9 Å². The molecule has 3 aromatic rings. The molecule has 0 unspecified atom stereocenters. The number of aryl methyl sites for hydroxylation is 2. The second kappa shape index (κ2) is 5.88. The number of carbonyl (C=O) groups excluding carboxylic acids is 1. The lowest BCUT2D eigenvalue weighted by Crippen LogP contribution is -2.35. The highest BCUT2D eigenvalue weighted by Crippen LogP contribution is 2.27. The number of imidazole rings is 1. The lowest BCUT2D eigenvalue weighted by atomic mass is 10.0. The number of hydrogen-bond donors (Lipinski definition) is 0. The van der Waals surface area contributed by atoms with Gasteiger partial charge < -0.3 is 9.47 Å². The van der Waals surface area contributed by atoms with Gasteiger partial charge in [-0.1, -0.05) is 30.3 Å². The SMILES string of the molecule is O=C(CCn1cnc2ccccc21)N1CCCc2ccccc21. The molecule has 1 aromatic heterocycles. The number of fused-ring (bicyclic) bond motifs is 2. The quantitative estimate of drug-likeness (QED) is 0.744. The Hall–Kier alpha value is -2.62. The highest BCUT2D eigenvalue weighted by molar-refractivity contribution is 5.94. The smallest absolute Gasteiger partial charge is 0.228 e. The van der Waals surface area contributed by atoms with Crippen LogP contribution in [-0.2, 0) is 17.8 Å². The van der Waals surface area contributed by atoms with Crippen LogP contribution in [0.2, 0.25) is 0 Å². The number of benzene rings is 2. The summed E-state index contributed by atoms with van der Waals surface area (Å²) in [6.45, 7) is 1.48. The normalized spacial score (nSPS) is 14.0. The Morgan fingerprint density at radius 3 is 2.87 bits per heavy atom. The number of rotatable bonds is 3. The van der Waals surface area contributed by atoms with Crippen LogP contribution in [0.5, 0.6) is 0 Å². The lowest BCUT2D eigenvalue weighted by molar-refractivity contribution is -0.118. The first kappa shape index (κ1) is 14.0. The number of aromatic nitrogens is 2. The second-order valence-electron chi connectivity index (χ2n) is 5.95. The zero-order chi connectivity index (χ0) is 15.6. The minimum absolute atomic E-state index is 0.190. The Morgan fingerprint density at radius 2 is 1.91 bits per heavy atom. The van der Waals surface area contributed by atoms with E-state index >= 15 is 0 Å². The number of hydrogen-bond acceptors (Lipinski definition) is 2. The van der Waals surface area contributed by atoms with Gasteiger partial charge in [0.2, 0.25) is 5.91 Å². The fourth-order valence-corrected chi connectivity index (χ4v) is 3.33. The maximum Gasteiger partial charge on any atom is 0.228 e. The van der Waals surface area contributed by atoms with E-state index in [4.69, 9.17) is 0 Å². The second-order valence-corrected chi connectivity index (χ2v) is 5.95. The van der Waals surface area contributed by atoms with Gasteiger partial charge in [-0.15, -0.1) is 0 Å². The highest BCUT2D eigenvalue weighted by atomic mass is 16.2. The largest absolute Gasteiger partial charge is 0.330 e. The predicted molar refractivity (Wildman–Crippen MR) is 91.5 cm³/mol. The Labute approximate surface area is 135 Å². The fraction of sp³-hybridized carbons (Fsp3) is 0.263. The summed E-state index contributed by atoms with van der Waals surface area (Å²) >= 11 is 0. The van der Waals surface area contributed by atoms with Gasteiger partial charge in [0.05, 0.1) is 17.4 Å². The van der Waals surface area contributed by atoms with E-state index < -0.39 is 0 Å². The van der Waals surface area contributed by atoms with Crippen molar-refractivity contribution in [1.29, 1.82) is 0 Å². The maximum absolute atomic E-state index is 12.7. The minimum Gasteiger partial charge on any atom is -0.330 e. The average molecular weight is 305 g/mol. The first-order chi connectivity index (χ1) is 11.3. The molecule has 0 N–H and O–H groups in total. The molecule has 0 bridgehead atoms. The Bertz CT molecular complexity index is 852. The Kier molecular flexibility index (Phi) is 3.58. The molecule has 2 heterocycles. The standard InChI is InChI=1S/C19H19N3O/c23-19(22-12-5-7-15-6-1-3-9-17(15)22)11-13-21-14-20-16-8-2-4-10-18(16)21/h1-4,6,8-10,14H,5,7,11-13H2. The number of nitrogens with zero attached hydrogens (tertiary/aromatic N) is 3. The minimum atomic E-state index is 0.190. The van der Waals surface area contributed by atoms with Gasteiger partial charge in [0, 0.05) is 25.2 Å². The molecule has 1 aliphatic rings. The molecule has 2 aromatic carbocycles. The van der Waals surface area contributed by atoms with E-state index in [0.717, 1.165) is 36.1 Å². The molecule has 0 aliphatic carbocycles. The number of anilines is 1. The van der Waals surface area contributed by atoms with E-state index in [9.17, 15) is 4.79 Å². The molecule has 0 spiro atoms. The van der Waals surface area contributed by atoms with E-state index in [2.05, 4.69) is 21.7 Å². The zero-order valence-corrected chi connectivity index (χ0v) is 13.0. The van der Waals surface area contributed by atoms with Crippen molar-refractivity contribution in [2.75, 3.05) is 11.4 Å². The van der Waals surface area contributed by atoms with E-state index in [1.807, 2.05) is 47.6 Å². The van der Waals surface area contributed by atoms with Crippen molar-refractivity contribution in [2.24, 2.45) is 0 Å². The summed E-state index contributed by atoms with van der Waals surface area (Å²) in [6.07, 6.45) is 4.42. The third-order valence-electron chi connectivity index (χ3n) is 4.51. The van der Waals surface area contributed by atoms with Crippen LogP contribution in [0.3, 0.4) is 0 Å². The topological polar surface area (TPSA) is 38.1 Å². The maximum atomic E-state index is 12.7. The molecule has 0 fully saturated rings. The van der Waals surface area contributed by atoms with Crippen LogP contribution in [0.1, 0.15) is 18.4 Å². The monoisotopic (exact) mass is 305 g/mol. The first-order valence-electron chi connectivity index (χ1n) is 8.11. The van der Waals surface area contributed by atoms with Gasteiger partial charge in [0.1, 0.15) is 0 Å². The van der Waals surface area contributed by atoms with Crippen molar-refractivity contribution in [3.8, 4) is 0 Å². The van der Waals surface area contributed by atoms with Gasteiger partial charge in [-0.25, -0.2) is 4.98 Å². The van der Waals surface area contributed by atoms with Crippen molar-refractivity contribution >= 4 is 22.6 Å². The summed E-state index contributed by atoms with van der Waals surface area (Å²) < 4.78 is 2.06. The van der Waals surface area contributed by atoms with Gasteiger partial charge in [-0.3, -0.25) is 4.79 Å². The van der Waals surface area contributed by atoms with Gasteiger partial charge in [0.25, 0.3) is 0 Å². The van der Waals surface area contributed by atoms with E-state index in [0.29, 0.717) is 13.0 Å². The van der Waals surface area contributed by atoms with Gasteiger partial charge in [0.15, 0.2) is 0 Å². The summed E-state index contributed by atoms with van der Waals surface area (Å²) in [6, 6.07) is 16.3. The molecule has 0 radical (unpaired) electrons. The molecule has 1 aliphatic heterocycles. The van der Waals surface area contributed by atoms with Gasteiger partial charge in [-0.2, -0.15) is 0 Å². The summed E-state index contributed by atoms with van der Waals surface area (Å²) in [5.41, 5.74) is 4.42. The van der Waals surface area contributed by atoms with Crippen molar-refractivity contribution < 1.29 is 4.79 Å². The summed E-state index contributed by atoms with van der Waals surface area (Å²) in [4.78, 5) is 19.0. The number of carbonyl (C=O) groups is 1. The summed E-state index contributed by atoms with van der Waals surface area (Å²) in [7, 11) is 0. The molecule has 4 rings (SSSR count). The van der Waals surface area contributed by atoms with Crippen LogP contribution in [0.25, 0.3) is 11.0 Å². The van der Waals surface area contributed by atoms with E-state index in [-0.39, 0.29) is 5.91 Å². The molecule has 1 amide bonds. The van der Waals surface area contributed by atoms with Gasteiger partial charge >= 0.3 is 0 Å². The number of amides is 1. The van der Waals surface area contributed by atoms with E-state index in [1.54, 1.807) is 0 Å². The van der Waals surface area contributed by atoms with Crippen LogP contribution >= 0.6 is 0 Å². The first-order valence-corrected chi connectivity index (χ1v) is 8.11. The van der Waals surface area contributed by atoms with Gasteiger partial charge in [-0.05, 0) is 36.6 Å². The predicted octanol–water partition coefficient (Wildman–Crippen LogP) is 3.41. The molecule has 4 nitrogen and oxygen atoms in total. The molecule has 0 saturated carbocycles. The lowest BCUT2D eigenvalue weighted by Gasteiger charge is -2.29. The zero-order valence-electron chi connectivity index (χ0n) is 13.0. The third kappa shape index (κ3) is 2.61. The molecular weight excluding hydrogens is 286 g/mol. The van der Waals surface area contributed by atoms with E-state index in [1.165, 1.54) is 5.56 Å². The summed E-state index contributed by atoms with van der Waals surface area (Å²) in [5.74, 6) is 0.190. The molecule has 0 saturated heterocycles.